The van der Waals surface area contributed by atoms with Gasteiger partial charge in [0.2, 0.25) is 11.4 Å². The van der Waals surface area contributed by atoms with Crippen LogP contribution in [-0.2, 0) is 7.05 Å². The molecule has 13 heteroatoms. The van der Waals surface area contributed by atoms with E-state index in [-0.39, 0.29) is 22.9 Å². The number of anilines is 2. The zero-order chi connectivity index (χ0) is 24.3. The normalized spacial score (nSPS) is 10.5. The Morgan fingerprint density at radius 2 is 1.45 bits per heavy atom. The van der Waals surface area contributed by atoms with Crippen LogP contribution in [0.15, 0.2) is 36.4 Å². The highest BCUT2D eigenvalue weighted by Gasteiger charge is 2.35. The molecular weight excluding hydrogens is 477 g/mol. The van der Waals surface area contributed by atoms with Gasteiger partial charge in [0.05, 0.1) is 30.5 Å². The van der Waals surface area contributed by atoms with E-state index in [1.807, 2.05) is 0 Å². The molecule has 0 aliphatic rings. The van der Waals surface area contributed by atoms with Crippen LogP contribution in [-0.4, -0.2) is 40.7 Å². The van der Waals surface area contributed by atoms with Crippen LogP contribution in [0.25, 0.3) is 0 Å². The van der Waals surface area contributed by atoms with Gasteiger partial charge in [-0.25, -0.2) is 0 Å². The van der Waals surface area contributed by atoms with Crippen LogP contribution in [0.4, 0.5) is 17.1 Å². The Bertz CT molecular complexity index is 1260. The summed E-state index contributed by atoms with van der Waals surface area (Å²) in [6, 6.07) is 8.96. The van der Waals surface area contributed by atoms with Gasteiger partial charge >= 0.3 is 5.69 Å². The first-order valence-corrected chi connectivity index (χ1v) is 9.93. The predicted molar refractivity (Wildman–Crippen MR) is 122 cm³/mol. The third kappa shape index (κ3) is 4.99. The fourth-order valence-electron chi connectivity index (χ4n) is 3.01. The Labute approximate surface area is 197 Å². The molecule has 0 bridgehead atoms. The lowest BCUT2D eigenvalue weighted by Gasteiger charge is -2.10. The molecule has 0 saturated heterocycles. The number of nitrogens with zero attached hydrogens (tertiary/aromatic N) is 3. The average molecular weight is 494 g/mol. The molecular formula is C20H17Cl2N5O6. The van der Waals surface area contributed by atoms with Gasteiger partial charge in [0.25, 0.3) is 11.8 Å². The highest BCUT2D eigenvalue weighted by molar-refractivity contribution is 6.31. The smallest absolute Gasteiger partial charge is 0.333 e. The van der Waals surface area contributed by atoms with E-state index in [2.05, 4.69) is 15.7 Å². The number of nitro groups is 1. The van der Waals surface area contributed by atoms with E-state index in [1.54, 1.807) is 12.1 Å². The Hall–Kier alpha value is -3.83. The molecule has 0 saturated carbocycles. The molecule has 0 fully saturated rings. The summed E-state index contributed by atoms with van der Waals surface area (Å²) >= 11 is 11.9. The molecule has 0 aliphatic heterocycles. The summed E-state index contributed by atoms with van der Waals surface area (Å²) < 4.78 is 11.3. The Kier molecular flexibility index (Phi) is 7.04. The maximum Gasteiger partial charge on any atom is 0.333 e. The third-order valence-electron chi connectivity index (χ3n) is 4.45. The Balaban J connectivity index is 1.99. The lowest BCUT2D eigenvalue weighted by Crippen LogP contribution is -2.18. The zero-order valence-corrected chi connectivity index (χ0v) is 19.0. The molecule has 0 unspecified atom stereocenters. The highest BCUT2D eigenvalue weighted by Crippen LogP contribution is 2.32. The Morgan fingerprint density at radius 1 is 0.970 bits per heavy atom. The van der Waals surface area contributed by atoms with E-state index in [0.29, 0.717) is 10.0 Å². The average Bonchev–Trinajstić information content (AvgIpc) is 3.12. The van der Waals surface area contributed by atoms with Crippen LogP contribution in [0.1, 0.15) is 21.0 Å². The summed E-state index contributed by atoms with van der Waals surface area (Å²) in [5.41, 5.74) is -1.46. The van der Waals surface area contributed by atoms with E-state index >= 15 is 0 Å². The predicted octanol–water partition coefficient (Wildman–Crippen LogP) is 4.16. The molecule has 1 heterocycles. The van der Waals surface area contributed by atoms with Crippen molar-refractivity contribution in [2.75, 3.05) is 24.9 Å². The van der Waals surface area contributed by atoms with Crippen LogP contribution >= 0.6 is 23.2 Å². The number of benzene rings is 2. The number of halogens is 2. The first kappa shape index (κ1) is 23.8. The maximum absolute atomic E-state index is 12.9. The standard InChI is InChI=1S/C20H17Cl2N5O6/c1-26-18(20(29)24-13-9-11(22)5-7-15(13)33-3)17(27(30)31)16(25-26)19(28)23-12-8-10(21)4-6-14(12)32-2/h4-9H,1-3H3,(H,23,28)(H,24,29). The topological polar surface area (TPSA) is 138 Å². The van der Waals surface area contributed by atoms with Crippen LogP contribution < -0.4 is 20.1 Å². The molecule has 2 aromatic carbocycles. The van der Waals surface area contributed by atoms with Crippen LogP contribution in [0.3, 0.4) is 0 Å². The number of carbonyl (C=O) groups excluding carboxylic acids is 2. The Morgan fingerprint density at radius 3 is 1.91 bits per heavy atom. The second kappa shape index (κ2) is 9.76. The van der Waals surface area contributed by atoms with Crippen molar-refractivity contribution in [3.63, 3.8) is 0 Å². The number of hydrogen-bond acceptors (Lipinski definition) is 7. The molecule has 11 nitrogen and oxygen atoms in total. The molecule has 3 aromatic rings. The van der Waals surface area contributed by atoms with Gasteiger partial charge in [0.15, 0.2) is 0 Å². The molecule has 0 radical (unpaired) electrons. The molecule has 3 rings (SSSR count). The van der Waals surface area contributed by atoms with Gasteiger partial charge in [-0.05, 0) is 36.4 Å². The first-order chi connectivity index (χ1) is 15.7. The number of nitrogens with one attached hydrogen (secondary N) is 2. The second-order valence-corrected chi connectivity index (χ2v) is 7.40. The maximum atomic E-state index is 12.9. The summed E-state index contributed by atoms with van der Waals surface area (Å²) in [5, 5.41) is 21.3. The van der Waals surface area contributed by atoms with Gasteiger partial charge in [-0.3, -0.25) is 24.4 Å². The second-order valence-electron chi connectivity index (χ2n) is 6.52. The fraction of sp³-hybridized carbons (Fsp3) is 0.150. The van der Waals surface area contributed by atoms with E-state index in [9.17, 15) is 19.7 Å². The zero-order valence-electron chi connectivity index (χ0n) is 17.5. The van der Waals surface area contributed by atoms with Crippen LogP contribution in [0.2, 0.25) is 10.0 Å². The van der Waals surface area contributed by atoms with Crippen molar-refractivity contribution in [1.82, 2.24) is 9.78 Å². The number of aromatic nitrogens is 2. The van der Waals surface area contributed by atoms with Gasteiger partial charge < -0.3 is 20.1 Å². The van der Waals surface area contributed by atoms with Crippen LogP contribution in [0, 0.1) is 10.1 Å². The summed E-state index contributed by atoms with van der Waals surface area (Å²) in [4.78, 5) is 36.8. The van der Waals surface area contributed by atoms with Crippen molar-refractivity contribution in [3.8, 4) is 11.5 Å². The first-order valence-electron chi connectivity index (χ1n) is 9.17. The number of carbonyl (C=O) groups is 2. The van der Waals surface area contributed by atoms with Crippen molar-refractivity contribution in [1.29, 1.82) is 0 Å². The third-order valence-corrected chi connectivity index (χ3v) is 4.92. The summed E-state index contributed by atoms with van der Waals surface area (Å²) in [6.45, 7) is 0. The van der Waals surface area contributed by atoms with Crippen molar-refractivity contribution >= 4 is 52.1 Å². The van der Waals surface area contributed by atoms with Gasteiger partial charge in [-0.1, -0.05) is 23.2 Å². The number of rotatable bonds is 7. The van der Waals surface area contributed by atoms with Crippen molar-refractivity contribution in [2.24, 2.45) is 7.05 Å². The molecule has 172 valence electrons. The minimum atomic E-state index is -0.933. The van der Waals surface area contributed by atoms with Gasteiger partial charge in [0.1, 0.15) is 11.5 Å². The molecule has 2 amide bonds. The molecule has 0 aliphatic carbocycles. The van der Waals surface area contributed by atoms with Crippen molar-refractivity contribution < 1.29 is 24.0 Å². The largest absolute Gasteiger partial charge is 0.495 e. The summed E-state index contributed by atoms with van der Waals surface area (Å²) in [5.74, 6) is -1.27. The molecule has 33 heavy (non-hydrogen) atoms. The number of ether oxygens (including phenoxy) is 2. The van der Waals surface area contributed by atoms with E-state index in [0.717, 1.165) is 4.68 Å². The molecule has 1 aromatic heterocycles. The number of hydrogen-bond donors (Lipinski definition) is 2. The lowest BCUT2D eigenvalue weighted by atomic mass is 10.2. The van der Waals surface area contributed by atoms with E-state index in [1.165, 1.54) is 45.5 Å². The fourth-order valence-corrected chi connectivity index (χ4v) is 3.36. The minimum Gasteiger partial charge on any atom is -0.495 e. The number of amides is 2. The van der Waals surface area contributed by atoms with Gasteiger partial charge in [-0.15, -0.1) is 0 Å². The van der Waals surface area contributed by atoms with Crippen molar-refractivity contribution in [2.45, 2.75) is 0 Å². The number of methoxy groups -OCH3 is 2. The summed E-state index contributed by atoms with van der Waals surface area (Å²) in [7, 11) is 4.07. The minimum absolute atomic E-state index is 0.171. The summed E-state index contributed by atoms with van der Waals surface area (Å²) in [6.07, 6.45) is 0. The molecule has 0 spiro atoms. The lowest BCUT2D eigenvalue weighted by molar-refractivity contribution is -0.385. The van der Waals surface area contributed by atoms with E-state index in [4.69, 9.17) is 32.7 Å². The van der Waals surface area contributed by atoms with Crippen molar-refractivity contribution in [3.05, 3.63) is 67.9 Å². The number of aryl methyl sites for hydroxylation is 1. The SMILES string of the molecule is COc1ccc(Cl)cc1NC(=O)c1nn(C)c(C(=O)Nc2cc(Cl)ccc2OC)c1[N+](=O)[O-]. The van der Waals surface area contributed by atoms with E-state index < -0.39 is 33.8 Å². The highest BCUT2D eigenvalue weighted by atomic mass is 35.5. The monoisotopic (exact) mass is 493 g/mol. The van der Waals surface area contributed by atoms with Crippen LogP contribution in [0.5, 0.6) is 11.5 Å². The molecule has 2 N–H and O–H groups in total. The molecule has 0 atom stereocenters. The van der Waals surface area contributed by atoms with Gasteiger partial charge in [-0.2, -0.15) is 5.10 Å². The quantitative estimate of drug-likeness (QED) is 0.372. The van der Waals surface area contributed by atoms with Gasteiger partial charge in [0, 0.05) is 17.1 Å².